The number of anilines is 1. The number of likely N-dealkylation sites (N-methyl/N-ethyl adjacent to an activating group) is 1. The summed E-state index contributed by atoms with van der Waals surface area (Å²) < 4.78 is 64.5. The Balaban J connectivity index is 0.000000217. The smallest absolute Gasteiger partial charge is 0.318 e. The number of piperazine rings is 1. The van der Waals surface area contributed by atoms with Crippen molar-refractivity contribution in [2.75, 3.05) is 58.5 Å². The number of hydrogen-bond acceptors (Lipinski definition) is 15. The zero-order chi connectivity index (χ0) is 56.0. The molecule has 4 atom stereocenters. The molecule has 4 saturated heterocycles. The SMILES string of the molecule is C#Cc1c(F)ccc2cc(O)cc(-c3ncc4c(N5CC6CCC(C5)N6C)nc(OC)nc4c3F)c12.CCCCCCCCC(=O)OCC(COC(=O)CCCCCCCC)OC(=O)CCCC=O.F[C@@H]1CC2CCCN2C1. The van der Waals surface area contributed by atoms with Gasteiger partial charge < -0.3 is 33.7 Å². The number of phenolic OH excluding ortho intramolecular Hbond substituents is 1. The minimum Gasteiger partial charge on any atom is -0.508 e. The van der Waals surface area contributed by atoms with Crippen LogP contribution in [0.25, 0.3) is 32.9 Å². The number of alkyl halides is 1. The Morgan fingerprint density at radius 1 is 0.833 bits per heavy atom. The quantitative estimate of drug-likeness (QED) is 0.0207. The van der Waals surface area contributed by atoms with Crippen LogP contribution < -0.4 is 9.64 Å². The molecule has 2 aromatic heterocycles. The van der Waals surface area contributed by atoms with Crippen molar-refractivity contribution in [3.05, 3.63) is 47.7 Å². The molecular formula is C60H81F3N6O9. The second kappa shape index (κ2) is 31.5. The van der Waals surface area contributed by atoms with Crippen LogP contribution in [0.4, 0.5) is 19.0 Å². The fourth-order valence-electron chi connectivity index (χ4n) is 10.9. The lowest BCUT2D eigenvalue weighted by atomic mass is 9.96. The number of phenols is 1. The van der Waals surface area contributed by atoms with Gasteiger partial charge in [-0.05, 0) is 88.5 Å². The summed E-state index contributed by atoms with van der Waals surface area (Å²) in [5.74, 6) is 0.262. The van der Waals surface area contributed by atoms with Crippen LogP contribution in [0, 0.1) is 24.0 Å². The summed E-state index contributed by atoms with van der Waals surface area (Å²) in [6, 6.07) is 6.92. The van der Waals surface area contributed by atoms with E-state index in [1.54, 1.807) is 0 Å². The molecule has 0 saturated carbocycles. The van der Waals surface area contributed by atoms with Crippen molar-refractivity contribution in [3.8, 4) is 35.4 Å². The summed E-state index contributed by atoms with van der Waals surface area (Å²) in [5.41, 5.74) is 0.0743. The van der Waals surface area contributed by atoms with E-state index in [4.69, 9.17) is 25.4 Å². The number of unbranched alkanes of at least 4 members (excludes halogenated alkanes) is 11. The van der Waals surface area contributed by atoms with Gasteiger partial charge in [0.05, 0.1) is 18.1 Å². The number of ether oxygens (including phenoxy) is 4. The Kier molecular flexibility index (Phi) is 24.7. The molecule has 2 aromatic carbocycles. The summed E-state index contributed by atoms with van der Waals surface area (Å²) in [7, 11) is 3.57. The fraction of sp³-hybridized carbons (Fsp3) is 0.617. The summed E-state index contributed by atoms with van der Waals surface area (Å²) in [4.78, 5) is 66.5. The predicted octanol–water partition coefficient (Wildman–Crippen LogP) is 11.1. The highest BCUT2D eigenvalue weighted by Gasteiger charge is 2.39. The number of aromatic hydroxyl groups is 1. The van der Waals surface area contributed by atoms with E-state index < -0.39 is 29.9 Å². The third-order valence-corrected chi connectivity index (χ3v) is 15.2. The van der Waals surface area contributed by atoms with Crippen LogP contribution in [0.5, 0.6) is 11.8 Å². The molecule has 426 valence electrons. The Hall–Kier alpha value is -6.06. The van der Waals surface area contributed by atoms with E-state index in [-0.39, 0.29) is 77.5 Å². The molecule has 4 aromatic rings. The highest BCUT2D eigenvalue weighted by atomic mass is 19.1. The zero-order valence-corrected chi connectivity index (χ0v) is 46.3. The van der Waals surface area contributed by atoms with Crippen LogP contribution >= 0.6 is 0 Å². The van der Waals surface area contributed by atoms with Crippen molar-refractivity contribution in [1.82, 2.24) is 24.8 Å². The normalized spacial score (nSPS) is 18.7. The predicted molar refractivity (Wildman–Crippen MR) is 295 cm³/mol. The van der Waals surface area contributed by atoms with Crippen LogP contribution in [0.2, 0.25) is 0 Å². The van der Waals surface area contributed by atoms with Crippen LogP contribution in [0.1, 0.15) is 161 Å². The van der Waals surface area contributed by atoms with Crippen LogP contribution in [-0.4, -0.2) is 138 Å². The maximum atomic E-state index is 16.2. The van der Waals surface area contributed by atoms with Gasteiger partial charge in [0, 0.05) is 80.6 Å². The fourth-order valence-corrected chi connectivity index (χ4v) is 10.9. The molecule has 18 heteroatoms. The van der Waals surface area contributed by atoms with Gasteiger partial charge in [0.2, 0.25) is 0 Å². The van der Waals surface area contributed by atoms with E-state index in [0.29, 0.717) is 60.5 Å². The minimum atomic E-state index is -0.837. The Morgan fingerprint density at radius 3 is 2.06 bits per heavy atom. The average molecular weight is 1090 g/mol. The minimum absolute atomic E-state index is 0.0299. The number of halogens is 3. The second-order valence-corrected chi connectivity index (χ2v) is 21.0. The van der Waals surface area contributed by atoms with Gasteiger partial charge in [0.15, 0.2) is 11.9 Å². The van der Waals surface area contributed by atoms with Crippen molar-refractivity contribution in [2.24, 2.45) is 0 Å². The molecule has 0 amide bonds. The molecule has 0 aliphatic carbocycles. The molecular weight excluding hydrogens is 1010 g/mol. The van der Waals surface area contributed by atoms with E-state index in [2.05, 4.69) is 56.5 Å². The van der Waals surface area contributed by atoms with E-state index >= 15 is 4.39 Å². The molecule has 4 aliphatic rings. The summed E-state index contributed by atoms with van der Waals surface area (Å²) in [6.45, 7) is 7.41. The van der Waals surface area contributed by atoms with Gasteiger partial charge in [0.25, 0.3) is 0 Å². The average Bonchev–Trinajstić information content (AvgIpc) is 4.14. The Bertz CT molecular complexity index is 2600. The summed E-state index contributed by atoms with van der Waals surface area (Å²) >= 11 is 0. The standard InChI is InChI=1S/C27H23F2N5O2.C26H46O7.C7H12FN/c1-4-18-21(28)8-5-14-9-17(35)10-19(22(14)18)24-23(29)25-20(11-30-24)26(32-27(31-25)36-3)34-12-15-6-7-16(13-34)33(15)2;1-3-5-7-9-11-13-17-24(28)31-21-23(33-26(30)19-15-16-20-27)22-32-25(29)18-14-12-10-8-6-4-2;8-6-4-7-2-1-3-9(7)5-6/h1,5,8-11,15-16,35H,6-7,12-13H2,2-3H3;20,23H,3-19,21-22H2,1-2H3;6-7H,1-5H2/t;;6-,7?/m..1/s1. The third kappa shape index (κ3) is 17.5. The molecule has 6 heterocycles. The van der Waals surface area contributed by atoms with Gasteiger partial charge in [-0.2, -0.15) is 9.97 Å². The molecule has 8 rings (SSSR count). The molecule has 3 unspecified atom stereocenters. The van der Waals surface area contributed by atoms with Crippen molar-refractivity contribution in [2.45, 2.75) is 186 Å². The van der Waals surface area contributed by atoms with Gasteiger partial charge in [-0.1, -0.05) is 90.0 Å². The van der Waals surface area contributed by atoms with E-state index in [1.807, 2.05) is 0 Å². The number of carbonyl (C=O) groups is 4. The summed E-state index contributed by atoms with van der Waals surface area (Å²) in [6.07, 6.45) is 26.3. The molecule has 78 heavy (non-hydrogen) atoms. The lowest BCUT2D eigenvalue weighted by Gasteiger charge is -2.39. The largest absolute Gasteiger partial charge is 0.508 e. The molecule has 4 fully saturated rings. The highest BCUT2D eigenvalue weighted by Crippen LogP contribution is 2.40. The maximum Gasteiger partial charge on any atom is 0.318 e. The van der Waals surface area contributed by atoms with E-state index in [0.717, 1.165) is 83.7 Å². The van der Waals surface area contributed by atoms with Crippen LogP contribution in [0.15, 0.2) is 30.5 Å². The van der Waals surface area contributed by atoms with Crippen molar-refractivity contribution in [1.29, 1.82) is 0 Å². The van der Waals surface area contributed by atoms with Crippen LogP contribution in [0.3, 0.4) is 0 Å². The lowest BCUT2D eigenvalue weighted by molar-refractivity contribution is -0.167. The number of aromatic nitrogens is 3. The number of carbonyl (C=O) groups excluding carboxylic acids is 4. The number of pyridine rings is 1. The van der Waals surface area contributed by atoms with Gasteiger partial charge >= 0.3 is 23.9 Å². The Morgan fingerprint density at radius 2 is 1.46 bits per heavy atom. The monoisotopic (exact) mass is 1090 g/mol. The molecule has 0 radical (unpaired) electrons. The number of terminal acetylenes is 1. The van der Waals surface area contributed by atoms with E-state index in [9.17, 15) is 33.1 Å². The first kappa shape index (κ1) is 61.2. The van der Waals surface area contributed by atoms with Crippen molar-refractivity contribution < 1.29 is 56.4 Å². The van der Waals surface area contributed by atoms with Gasteiger partial charge in [-0.25, -0.2) is 13.2 Å². The number of methoxy groups -OCH3 is 1. The third-order valence-electron chi connectivity index (χ3n) is 15.2. The zero-order valence-electron chi connectivity index (χ0n) is 46.3. The first-order valence-electron chi connectivity index (χ1n) is 28.4. The highest BCUT2D eigenvalue weighted by molar-refractivity contribution is 6.03. The van der Waals surface area contributed by atoms with Gasteiger partial charge in [0.1, 0.15) is 54.3 Å². The first-order chi connectivity index (χ1) is 37.8. The molecule has 15 nitrogen and oxygen atoms in total. The molecule has 2 bridgehead atoms. The number of esters is 3. The van der Waals surface area contributed by atoms with E-state index in [1.165, 1.54) is 88.9 Å². The second-order valence-electron chi connectivity index (χ2n) is 21.0. The van der Waals surface area contributed by atoms with Gasteiger partial charge in [-0.15, -0.1) is 6.42 Å². The molecule has 4 aliphatic heterocycles. The number of hydrogen-bond donors (Lipinski definition) is 1. The van der Waals surface area contributed by atoms with Crippen molar-refractivity contribution >= 4 is 51.7 Å². The van der Waals surface area contributed by atoms with Gasteiger partial charge in [-0.3, -0.25) is 29.2 Å². The first-order valence-corrected chi connectivity index (χ1v) is 28.4. The number of fused-ring (bicyclic) bond motifs is 5. The topological polar surface area (TPSA) is 174 Å². The number of aldehydes is 1. The molecule has 0 spiro atoms. The summed E-state index contributed by atoms with van der Waals surface area (Å²) in [5, 5.41) is 11.5. The van der Waals surface area contributed by atoms with Crippen LogP contribution in [-0.2, 0) is 33.4 Å². The maximum absolute atomic E-state index is 16.2. The Labute approximate surface area is 458 Å². The lowest BCUT2D eigenvalue weighted by Crippen LogP contribution is -2.52. The number of nitrogens with zero attached hydrogens (tertiary/aromatic N) is 6. The van der Waals surface area contributed by atoms with Crippen molar-refractivity contribution in [3.63, 3.8) is 0 Å². The number of rotatable bonds is 26. The molecule has 1 N–H and O–H groups in total. The number of benzene rings is 2.